The van der Waals surface area contributed by atoms with Gasteiger partial charge >= 0.3 is 0 Å². The number of nitrogens with two attached hydrogens (primary N) is 1. The molecule has 0 aromatic rings. The van der Waals surface area contributed by atoms with E-state index in [0.29, 0.717) is 6.54 Å². The quantitative estimate of drug-likeness (QED) is 0.799. The van der Waals surface area contributed by atoms with Crippen molar-refractivity contribution in [2.24, 2.45) is 5.73 Å². The van der Waals surface area contributed by atoms with Gasteiger partial charge in [-0.3, -0.25) is 9.59 Å². The molecule has 0 aromatic heterocycles. The first kappa shape index (κ1) is 15.0. The second kappa shape index (κ2) is 6.18. The van der Waals surface area contributed by atoms with Crippen molar-refractivity contribution in [1.82, 2.24) is 9.80 Å². The summed E-state index contributed by atoms with van der Waals surface area (Å²) in [7, 11) is 3.39. The van der Waals surface area contributed by atoms with Crippen LogP contribution in [0.15, 0.2) is 0 Å². The fourth-order valence-corrected chi connectivity index (χ4v) is 2.34. The van der Waals surface area contributed by atoms with E-state index < -0.39 is 5.54 Å². The van der Waals surface area contributed by atoms with Gasteiger partial charge in [-0.15, -0.1) is 0 Å². The molecule has 1 saturated carbocycles. The maximum absolute atomic E-state index is 12.4. The number of likely N-dealkylation sites (N-methyl/N-ethyl adjacent to an activating group) is 2. The summed E-state index contributed by atoms with van der Waals surface area (Å²) < 4.78 is 0. The number of carbonyl (C=O) groups excluding carboxylic acids is 2. The standard InChI is InChI=1S/C13H25N3O2/c1-4-16(10-11(17)15(2)3)12(18)13(14)8-6-5-7-9-13/h4-10,14H2,1-3H3. The fourth-order valence-electron chi connectivity index (χ4n) is 2.34. The maximum Gasteiger partial charge on any atom is 0.243 e. The summed E-state index contributed by atoms with van der Waals surface area (Å²) >= 11 is 0. The number of hydrogen-bond donors (Lipinski definition) is 1. The minimum absolute atomic E-state index is 0.0652. The summed E-state index contributed by atoms with van der Waals surface area (Å²) in [5.41, 5.74) is 5.47. The van der Waals surface area contributed by atoms with Crippen LogP contribution in [0.4, 0.5) is 0 Å². The molecule has 5 heteroatoms. The summed E-state index contributed by atoms with van der Waals surface area (Å²) in [6, 6.07) is 0. The predicted molar refractivity (Wildman–Crippen MR) is 71.0 cm³/mol. The Morgan fingerprint density at radius 2 is 1.72 bits per heavy atom. The van der Waals surface area contributed by atoms with Gasteiger partial charge in [-0.25, -0.2) is 0 Å². The molecule has 104 valence electrons. The molecule has 18 heavy (non-hydrogen) atoms. The Balaban J connectivity index is 2.69. The van der Waals surface area contributed by atoms with Gasteiger partial charge in [0, 0.05) is 20.6 Å². The number of amides is 2. The Morgan fingerprint density at radius 3 is 2.17 bits per heavy atom. The second-order valence-corrected chi connectivity index (χ2v) is 5.32. The minimum Gasteiger partial charge on any atom is -0.347 e. The predicted octanol–water partition coefficient (Wildman–Crippen LogP) is 0.585. The van der Waals surface area contributed by atoms with Crippen LogP contribution in [-0.4, -0.2) is 54.3 Å². The Labute approximate surface area is 109 Å². The van der Waals surface area contributed by atoms with Gasteiger partial charge < -0.3 is 15.5 Å². The van der Waals surface area contributed by atoms with Crippen LogP contribution in [0.3, 0.4) is 0 Å². The van der Waals surface area contributed by atoms with Crippen LogP contribution in [0.25, 0.3) is 0 Å². The number of carbonyl (C=O) groups is 2. The lowest BCUT2D eigenvalue weighted by Crippen LogP contribution is -2.57. The van der Waals surface area contributed by atoms with Gasteiger partial charge in [-0.05, 0) is 19.8 Å². The summed E-state index contributed by atoms with van der Waals surface area (Å²) in [5.74, 6) is -0.135. The number of hydrogen-bond acceptors (Lipinski definition) is 3. The molecular formula is C13H25N3O2. The molecule has 5 nitrogen and oxygen atoms in total. The molecule has 0 radical (unpaired) electrons. The van der Waals surface area contributed by atoms with Crippen LogP contribution in [0, 0.1) is 0 Å². The van der Waals surface area contributed by atoms with Gasteiger partial charge in [-0.2, -0.15) is 0 Å². The fraction of sp³-hybridized carbons (Fsp3) is 0.846. The zero-order valence-corrected chi connectivity index (χ0v) is 11.7. The van der Waals surface area contributed by atoms with Crippen LogP contribution >= 0.6 is 0 Å². The van der Waals surface area contributed by atoms with Gasteiger partial charge in [-0.1, -0.05) is 19.3 Å². The zero-order valence-electron chi connectivity index (χ0n) is 11.7. The first-order valence-electron chi connectivity index (χ1n) is 6.69. The largest absolute Gasteiger partial charge is 0.347 e. The molecule has 0 atom stereocenters. The smallest absolute Gasteiger partial charge is 0.243 e. The Morgan fingerprint density at radius 1 is 1.17 bits per heavy atom. The Kier molecular flexibility index (Phi) is 5.14. The average Bonchev–Trinajstić information content (AvgIpc) is 2.35. The van der Waals surface area contributed by atoms with Crippen molar-refractivity contribution in [2.75, 3.05) is 27.2 Å². The number of rotatable bonds is 4. The van der Waals surface area contributed by atoms with Crippen LogP contribution in [-0.2, 0) is 9.59 Å². The van der Waals surface area contributed by atoms with E-state index in [9.17, 15) is 9.59 Å². The van der Waals surface area contributed by atoms with Crippen molar-refractivity contribution in [1.29, 1.82) is 0 Å². The van der Waals surface area contributed by atoms with Crippen LogP contribution in [0.2, 0.25) is 0 Å². The van der Waals surface area contributed by atoms with Crippen molar-refractivity contribution >= 4 is 11.8 Å². The highest BCUT2D eigenvalue weighted by Crippen LogP contribution is 2.27. The van der Waals surface area contributed by atoms with Gasteiger partial charge in [0.2, 0.25) is 11.8 Å². The highest BCUT2D eigenvalue weighted by Gasteiger charge is 2.38. The Bertz CT molecular complexity index is 309. The van der Waals surface area contributed by atoms with Gasteiger partial charge in [0.25, 0.3) is 0 Å². The molecule has 0 saturated heterocycles. The van der Waals surface area contributed by atoms with Crippen molar-refractivity contribution in [3.63, 3.8) is 0 Å². The minimum atomic E-state index is -0.749. The topological polar surface area (TPSA) is 66.6 Å². The van der Waals surface area contributed by atoms with Crippen molar-refractivity contribution in [2.45, 2.75) is 44.6 Å². The van der Waals surface area contributed by atoms with E-state index in [0.717, 1.165) is 32.1 Å². The third-order valence-corrected chi connectivity index (χ3v) is 3.67. The molecule has 2 amide bonds. The molecule has 1 rings (SSSR count). The summed E-state index contributed by atoms with van der Waals surface area (Å²) in [4.78, 5) is 27.2. The molecule has 0 spiro atoms. The van der Waals surface area contributed by atoms with E-state index in [1.54, 1.807) is 19.0 Å². The van der Waals surface area contributed by atoms with Crippen LogP contribution in [0.1, 0.15) is 39.0 Å². The van der Waals surface area contributed by atoms with E-state index in [2.05, 4.69) is 0 Å². The third kappa shape index (κ3) is 3.45. The number of nitrogens with zero attached hydrogens (tertiary/aromatic N) is 2. The normalized spacial score (nSPS) is 18.2. The highest BCUT2D eigenvalue weighted by atomic mass is 16.2. The van der Waals surface area contributed by atoms with E-state index in [-0.39, 0.29) is 18.4 Å². The molecule has 1 fully saturated rings. The monoisotopic (exact) mass is 255 g/mol. The lowest BCUT2D eigenvalue weighted by Gasteiger charge is -2.36. The molecule has 0 aromatic carbocycles. The van der Waals surface area contributed by atoms with Crippen LogP contribution in [0.5, 0.6) is 0 Å². The average molecular weight is 255 g/mol. The Hall–Kier alpha value is -1.10. The first-order chi connectivity index (χ1) is 8.40. The molecule has 1 aliphatic rings. The zero-order chi connectivity index (χ0) is 13.8. The molecule has 0 heterocycles. The van der Waals surface area contributed by atoms with E-state index in [4.69, 9.17) is 5.73 Å². The van der Waals surface area contributed by atoms with Gasteiger partial charge in [0.15, 0.2) is 0 Å². The molecule has 0 aliphatic heterocycles. The second-order valence-electron chi connectivity index (χ2n) is 5.32. The molecule has 0 unspecified atom stereocenters. The van der Waals surface area contributed by atoms with E-state index in [1.165, 1.54) is 4.90 Å². The van der Waals surface area contributed by atoms with E-state index >= 15 is 0 Å². The summed E-state index contributed by atoms with van der Waals surface area (Å²) in [6.07, 6.45) is 4.62. The first-order valence-corrected chi connectivity index (χ1v) is 6.69. The van der Waals surface area contributed by atoms with Crippen LogP contribution < -0.4 is 5.73 Å². The molecule has 1 aliphatic carbocycles. The van der Waals surface area contributed by atoms with Crippen molar-refractivity contribution in [3.05, 3.63) is 0 Å². The SMILES string of the molecule is CCN(CC(=O)N(C)C)C(=O)C1(N)CCCCC1. The highest BCUT2D eigenvalue weighted by molar-refractivity contribution is 5.90. The van der Waals surface area contributed by atoms with Crippen molar-refractivity contribution < 1.29 is 9.59 Å². The van der Waals surface area contributed by atoms with Gasteiger partial charge in [0.05, 0.1) is 12.1 Å². The van der Waals surface area contributed by atoms with E-state index in [1.807, 2.05) is 6.92 Å². The third-order valence-electron chi connectivity index (χ3n) is 3.67. The lowest BCUT2D eigenvalue weighted by atomic mass is 9.81. The van der Waals surface area contributed by atoms with Crippen molar-refractivity contribution in [3.8, 4) is 0 Å². The maximum atomic E-state index is 12.4. The summed E-state index contributed by atoms with van der Waals surface area (Å²) in [5, 5.41) is 0. The molecule has 0 bridgehead atoms. The summed E-state index contributed by atoms with van der Waals surface area (Å²) in [6.45, 7) is 2.53. The van der Waals surface area contributed by atoms with Gasteiger partial charge in [0.1, 0.15) is 0 Å². The molecule has 2 N–H and O–H groups in total. The lowest BCUT2D eigenvalue weighted by molar-refractivity contribution is -0.143. The molecular weight excluding hydrogens is 230 g/mol.